The fourth-order valence-corrected chi connectivity index (χ4v) is 3.01. The van der Waals surface area contributed by atoms with Gasteiger partial charge in [-0.25, -0.2) is 0 Å². The van der Waals surface area contributed by atoms with Crippen LogP contribution in [0.1, 0.15) is 36.8 Å². The highest BCUT2D eigenvalue weighted by Gasteiger charge is 2.30. The van der Waals surface area contributed by atoms with Crippen molar-refractivity contribution in [1.82, 2.24) is 5.32 Å². The van der Waals surface area contributed by atoms with Gasteiger partial charge >= 0.3 is 5.97 Å². The van der Waals surface area contributed by atoms with Gasteiger partial charge in [0.2, 0.25) is 5.91 Å². The molecular formula is C17H23NO3. The van der Waals surface area contributed by atoms with E-state index in [1.807, 2.05) is 12.1 Å². The number of amides is 1. The van der Waals surface area contributed by atoms with E-state index in [4.69, 9.17) is 5.11 Å². The van der Waals surface area contributed by atoms with Crippen molar-refractivity contribution in [2.75, 3.05) is 6.54 Å². The molecule has 0 spiro atoms. The second-order valence-electron chi connectivity index (χ2n) is 5.87. The average Bonchev–Trinajstić information content (AvgIpc) is 2.49. The first-order chi connectivity index (χ1) is 10.1. The average molecular weight is 289 g/mol. The van der Waals surface area contributed by atoms with E-state index in [-0.39, 0.29) is 17.7 Å². The standard InChI is InChI=1S/C17H23NO3/c1-12-5-2-3-6-13(12)9-10-18-16(19)14-7-4-8-15(11-14)17(20)21/h2-3,5-6,14-15H,4,7-11H2,1H3,(H,18,19)(H,20,21)/t14-,15-/m1/s1. The topological polar surface area (TPSA) is 66.4 Å². The number of rotatable bonds is 5. The molecule has 1 saturated carbocycles. The molecule has 2 rings (SSSR count). The van der Waals surface area contributed by atoms with Crippen molar-refractivity contribution in [3.05, 3.63) is 35.4 Å². The number of hydrogen-bond acceptors (Lipinski definition) is 2. The van der Waals surface area contributed by atoms with E-state index in [0.29, 0.717) is 19.4 Å². The smallest absolute Gasteiger partial charge is 0.306 e. The van der Waals surface area contributed by atoms with Gasteiger partial charge < -0.3 is 10.4 Å². The van der Waals surface area contributed by atoms with E-state index in [9.17, 15) is 9.59 Å². The van der Waals surface area contributed by atoms with E-state index in [1.54, 1.807) is 0 Å². The zero-order valence-corrected chi connectivity index (χ0v) is 12.5. The van der Waals surface area contributed by atoms with Crippen LogP contribution in [0.2, 0.25) is 0 Å². The van der Waals surface area contributed by atoms with Gasteiger partial charge in [0.1, 0.15) is 0 Å². The van der Waals surface area contributed by atoms with Crippen LogP contribution < -0.4 is 5.32 Å². The van der Waals surface area contributed by atoms with Crippen LogP contribution in [0.4, 0.5) is 0 Å². The quantitative estimate of drug-likeness (QED) is 0.875. The van der Waals surface area contributed by atoms with Crippen molar-refractivity contribution < 1.29 is 14.7 Å². The minimum atomic E-state index is -0.771. The number of nitrogens with one attached hydrogen (secondary N) is 1. The number of benzene rings is 1. The maximum Gasteiger partial charge on any atom is 0.306 e. The van der Waals surface area contributed by atoms with Gasteiger partial charge in [-0.05, 0) is 43.7 Å². The number of carbonyl (C=O) groups excluding carboxylic acids is 1. The summed E-state index contributed by atoms with van der Waals surface area (Å²) < 4.78 is 0. The Morgan fingerprint density at radius 1 is 1.24 bits per heavy atom. The zero-order chi connectivity index (χ0) is 15.2. The second-order valence-corrected chi connectivity index (χ2v) is 5.87. The van der Waals surface area contributed by atoms with E-state index in [0.717, 1.165) is 19.3 Å². The Labute approximate surface area is 125 Å². The van der Waals surface area contributed by atoms with E-state index < -0.39 is 5.97 Å². The second kappa shape index (κ2) is 7.25. The molecule has 4 nitrogen and oxygen atoms in total. The van der Waals surface area contributed by atoms with Crippen LogP contribution in [0.5, 0.6) is 0 Å². The minimum Gasteiger partial charge on any atom is -0.481 e. The third kappa shape index (κ3) is 4.31. The molecule has 0 bridgehead atoms. The molecule has 0 saturated heterocycles. The van der Waals surface area contributed by atoms with Crippen LogP contribution in [0.25, 0.3) is 0 Å². The molecule has 114 valence electrons. The molecule has 0 unspecified atom stereocenters. The van der Waals surface area contributed by atoms with E-state index >= 15 is 0 Å². The summed E-state index contributed by atoms with van der Waals surface area (Å²) in [7, 11) is 0. The maximum absolute atomic E-state index is 12.1. The number of carboxylic acids is 1. The summed E-state index contributed by atoms with van der Waals surface area (Å²) >= 11 is 0. The van der Waals surface area contributed by atoms with Crippen molar-refractivity contribution in [1.29, 1.82) is 0 Å². The molecule has 4 heteroatoms. The molecule has 1 aliphatic rings. The Balaban J connectivity index is 1.79. The number of aliphatic carboxylic acids is 1. The lowest BCUT2D eigenvalue weighted by Crippen LogP contribution is -2.36. The summed E-state index contributed by atoms with van der Waals surface area (Å²) in [6.07, 6.45) is 3.62. The van der Waals surface area contributed by atoms with Crippen molar-refractivity contribution in [2.45, 2.75) is 39.0 Å². The number of carbonyl (C=O) groups is 2. The van der Waals surface area contributed by atoms with Gasteiger partial charge in [0.25, 0.3) is 0 Å². The molecule has 2 N–H and O–H groups in total. The lowest BCUT2D eigenvalue weighted by Gasteiger charge is -2.25. The minimum absolute atomic E-state index is 0.00883. The van der Waals surface area contributed by atoms with Gasteiger partial charge in [-0.3, -0.25) is 9.59 Å². The van der Waals surface area contributed by atoms with Gasteiger partial charge in [-0.2, -0.15) is 0 Å². The zero-order valence-electron chi connectivity index (χ0n) is 12.5. The Morgan fingerprint density at radius 3 is 2.67 bits per heavy atom. The molecule has 2 atom stereocenters. The van der Waals surface area contributed by atoms with Crippen LogP contribution >= 0.6 is 0 Å². The van der Waals surface area contributed by atoms with Crippen LogP contribution in [0.15, 0.2) is 24.3 Å². The van der Waals surface area contributed by atoms with Crippen LogP contribution in [0.3, 0.4) is 0 Å². The Bertz CT molecular complexity index is 513. The maximum atomic E-state index is 12.1. The first-order valence-corrected chi connectivity index (χ1v) is 7.63. The summed E-state index contributed by atoms with van der Waals surface area (Å²) in [5, 5.41) is 12.0. The third-order valence-corrected chi connectivity index (χ3v) is 4.35. The lowest BCUT2D eigenvalue weighted by atomic mass is 9.81. The first-order valence-electron chi connectivity index (χ1n) is 7.63. The molecule has 0 aliphatic heterocycles. The number of hydrogen-bond donors (Lipinski definition) is 2. The predicted octanol–water partition coefficient (Wildman–Crippen LogP) is 2.54. The SMILES string of the molecule is Cc1ccccc1CCNC(=O)[C@@H]1CCC[C@@H](C(=O)O)C1. The fraction of sp³-hybridized carbons (Fsp3) is 0.529. The highest BCUT2D eigenvalue weighted by atomic mass is 16.4. The monoisotopic (exact) mass is 289 g/mol. The Kier molecular flexibility index (Phi) is 5.37. The Morgan fingerprint density at radius 2 is 1.95 bits per heavy atom. The summed E-state index contributed by atoms with van der Waals surface area (Å²) in [6.45, 7) is 2.67. The van der Waals surface area contributed by atoms with Crippen molar-refractivity contribution in [3.63, 3.8) is 0 Å². The highest BCUT2D eigenvalue weighted by molar-refractivity contribution is 5.80. The molecule has 1 aromatic carbocycles. The number of carboxylic acid groups (broad SMARTS) is 1. The fourth-order valence-electron chi connectivity index (χ4n) is 3.01. The summed E-state index contributed by atoms with van der Waals surface area (Å²) in [6, 6.07) is 8.15. The predicted molar refractivity (Wildman–Crippen MR) is 81.0 cm³/mol. The summed E-state index contributed by atoms with van der Waals surface area (Å²) in [5.41, 5.74) is 2.47. The highest BCUT2D eigenvalue weighted by Crippen LogP contribution is 2.29. The van der Waals surface area contributed by atoms with Gasteiger partial charge in [-0.1, -0.05) is 30.7 Å². The molecule has 1 fully saturated rings. The summed E-state index contributed by atoms with van der Waals surface area (Å²) in [5.74, 6) is -1.26. The van der Waals surface area contributed by atoms with E-state index in [1.165, 1.54) is 11.1 Å². The van der Waals surface area contributed by atoms with Gasteiger partial charge in [0.15, 0.2) is 0 Å². The number of aryl methyl sites for hydroxylation is 1. The third-order valence-electron chi connectivity index (χ3n) is 4.35. The molecular weight excluding hydrogens is 266 g/mol. The summed E-state index contributed by atoms with van der Waals surface area (Å²) in [4.78, 5) is 23.2. The molecule has 21 heavy (non-hydrogen) atoms. The van der Waals surface area contributed by atoms with Crippen LogP contribution in [-0.4, -0.2) is 23.5 Å². The molecule has 0 heterocycles. The molecule has 1 amide bonds. The van der Waals surface area contributed by atoms with Crippen LogP contribution in [0, 0.1) is 18.8 Å². The molecule has 0 aromatic heterocycles. The normalized spacial score (nSPS) is 21.8. The van der Waals surface area contributed by atoms with Gasteiger partial charge in [-0.15, -0.1) is 0 Å². The lowest BCUT2D eigenvalue weighted by molar-refractivity contribution is -0.144. The van der Waals surface area contributed by atoms with E-state index in [2.05, 4.69) is 24.4 Å². The van der Waals surface area contributed by atoms with Crippen LogP contribution in [-0.2, 0) is 16.0 Å². The van der Waals surface area contributed by atoms with Crippen molar-refractivity contribution in [2.24, 2.45) is 11.8 Å². The molecule has 1 aliphatic carbocycles. The van der Waals surface area contributed by atoms with Gasteiger partial charge in [0.05, 0.1) is 5.92 Å². The van der Waals surface area contributed by atoms with Gasteiger partial charge in [0, 0.05) is 12.5 Å². The Hall–Kier alpha value is -1.84. The van der Waals surface area contributed by atoms with Crippen molar-refractivity contribution in [3.8, 4) is 0 Å². The first kappa shape index (κ1) is 15.5. The molecule has 0 radical (unpaired) electrons. The largest absolute Gasteiger partial charge is 0.481 e. The molecule has 1 aromatic rings. The van der Waals surface area contributed by atoms with Crippen molar-refractivity contribution >= 4 is 11.9 Å².